The van der Waals surface area contributed by atoms with Gasteiger partial charge in [0.25, 0.3) is 0 Å². The molecular formula is C10H12FNO4. The second-order valence-electron chi connectivity index (χ2n) is 3.26. The molecule has 0 aliphatic carbocycles. The number of aromatic hydroxyl groups is 1. The van der Waals surface area contributed by atoms with E-state index in [0.29, 0.717) is 0 Å². The highest BCUT2D eigenvalue weighted by Gasteiger charge is 2.17. The van der Waals surface area contributed by atoms with Gasteiger partial charge < -0.3 is 20.7 Å². The Morgan fingerprint density at radius 3 is 2.75 bits per heavy atom. The Balaban J connectivity index is 3.00. The van der Waals surface area contributed by atoms with Crippen molar-refractivity contribution in [2.75, 3.05) is 7.11 Å². The predicted molar refractivity (Wildman–Crippen MR) is 53.9 cm³/mol. The first-order valence-electron chi connectivity index (χ1n) is 4.49. The number of hydrogen-bond acceptors (Lipinski definition) is 4. The number of hydrogen-bond donors (Lipinski definition) is 3. The summed E-state index contributed by atoms with van der Waals surface area (Å²) in [5, 5.41) is 17.8. The number of carboxylic acids is 1. The first kappa shape index (κ1) is 12.3. The van der Waals surface area contributed by atoms with Crippen molar-refractivity contribution in [1.29, 1.82) is 0 Å². The van der Waals surface area contributed by atoms with Crippen LogP contribution in [0.1, 0.15) is 5.56 Å². The van der Waals surface area contributed by atoms with Gasteiger partial charge in [-0.2, -0.15) is 0 Å². The molecule has 0 unspecified atom stereocenters. The highest BCUT2D eigenvalue weighted by molar-refractivity contribution is 5.73. The molecule has 1 aromatic rings. The van der Waals surface area contributed by atoms with Gasteiger partial charge in [-0.25, -0.2) is 4.39 Å². The van der Waals surface area contributed by atoms with Gasteiger partial charge in [-0.3, -0.25) is 4.79 Å². The van der Waals surface area contributed by atoms with E-state index in [0.717, 1.165) is 6.07 Å². The third kappa shape index (κ3) is 2.60. The van der Waals surface area contributed by atoms with Crippen LogP contribution in [0.4, 0.5) is 4.39 Å². The zero-order chi connectivity index (χ0) is 12.3. The third-order valence-electron chi connectivity index (χ3n) is 2.10. The van der Waals surface area contributed by atoms with Crippen LogP contribution in [-0.2, 0) is 11.2 Å². The van der Waals surface area contributed by atoms with Crippen LogP contribution < -0.4 is 10.5 Å². The first-order valence-corrected chi connectivity index (χ1v) is 4.49. The molecule has 0 radical (unpaired) electrons. The largest absolute Gasteiger partial charge is 0.504 e. The molecule has 1 atom stereocenters. The van der Waals surface area contributed by atoms with E-state index in [1.807, 2.05) is 0 Å². The van der Waals surface area contributed by atoms with Gasteiger partial charge in [0, 0.05) is 12.5 Å². The number of methoxy groups -OCH3 is 1. The van der Waals surface area contributed by atoms with Gasteiger partial charge in [0.15, 0.2) is 11.5 Å². The van der Waals surface area contributed by atoms with Crippen LogP contribution in [0.3, 0.4) is 0 Å². The van der Waals surface area contributed by atoms with Crippen molar-refractivity contribution < 1.29 is 24.1 Å². The molecule has 0 aromatic heterocycles. The fraction of sp³-hybridized carbons (Fsp3) is 0.300. The SMILES string of the molecule is COc1cc(C[C@H](N)C(=O)O)c(F)cc1O. The third-order valence-corrected chi connectivity index (χ3v) is 2.10. The van der Waals surface area contributed by atoms with E-state index in [1.165, 1.54) is 13.2 Å². The lowest BCUT2D eigenvalue weighted by Crippen LogP contribution is -2.32. The average Bonchev–Trinajstić information content (AvgIpc) is 2.21. The summed E-state index contributed by atoms with van der Waals surface area (Å²) in [5.74, 6) is -2.19. The number of benzene rings is 1. The number of phenols is 1. The predicted octanol–water partition coefficient (Wildman–Crippen LogP) is 0.494. The molecule has 0 bridgehead atoms. The molecule has 0 heterocycles. The maximum Gasteiger partial charge on any atom is 0.320 e. The average molecular weight is 229 g/mol. The van der Waals surface area contributed by atoms with E-state index in [9.17, 15) is 14.3 Å². The molecule has 1 rings (SSSR count). The van der Waals surface area contributed by atoms with Crippen molar-refractivity contribution in [3.63, 3.8) is 0 Å². The second-order valence-corrected chi connectivity index (χ2v) is 3.26. The highest BCUT2D eigenvalue weighted by atomic mass is 19.1. The number of ether oxygens (including phenoxy) is 1. The summed E-state index contributed by atoms with van der Waals surface area (Å²) in [6.07, 6.45) is -0.169. The lowest BCUT2D eigenvalue weighted by atomic mass is 10.1. The summed E-state index contributed by atoms with van der Waals surface area (Å²) in [5.41, 5.74) is 5.36. The van der Waals surface area contributed by atoms with Gasteiger partial charge >= 0.3 is 5.97 Å². The fourth-order valence-electron chi connectivity index (χ4n) is 1.23. The van der Waals surface area contributed by atoms with E-state index < -0.39 is 17.8 Å². The lowest BCUT2D eigenvalue weighted by Gasteiger charge is -2.10. The summed E-state index contributed by atoms with van der Waals surface area (Å²) in [6.45, 7) is 0. The normalized spacial score (nSPS) is 12.2. The topological polar surface area (TPSA) is 92.8 Å². The Labute approximate surface area is 91.3 Å². The summed E-state index contributed by atoms with van der Waals surface area (Å²) in [4.78, 5) is 10.5. The maximum atomic E-state index is 13.3. The monoisotopic (exact) mass is 229 g/mol. The van der Waals surface area contributed by atoms with Crippen molar-refractivity contribution in [3.8, 4) is 11.5 Å². The zero-order valence-corrected chi connectivity index (χ0v) is 8.61. The molecule has 0 aliphatic heterocycles. The van der Waals surface area contributed by atoms with Crippen LogP contribution >= 0.6 is 0 Å². The molecule has 0 saturated heterocycles. The summed E-state index contributed by atoms with van der Waals surface area (Å²) in [6, 6.07) is 0.902. The quantitative estimate of drug-likeness (QED) is 0.698. The Hall–Kier alpha value is -1.82. The zero-order valence-electron chi connectivity index (χ0n) is 8.61. The van der Waals surface area contributed by atoms with Crippen molar-refractivity contribution in [3.05, 3.63) is 23.5 Å². The van der Waals surface area contributed by atoms with E-state index >= 15 is 0 Å². The Bertz CT molecular complexity index is 408. The van der Waals surface area contributed by atoms with Gasteiger partial charge in [-0.15, -0.1) is 0 Å². The van der Waals surface area contributed by atoms with E-state index in [1.54, 1.807) is 0 Å². The second kappa shape index (κ2) is 4.80. The molecule has 16 heavy (non-hydrogen) atoms. The molecule has 0 saturated carbocycles. The van der Waals surface area contributed by atoms with E-state index in [-0.39, 0.29) is 23.5 Å². The summed E-state index contributed by atoms with van der Waals surface area (Å²) < 4.78 is 18.1. The molecule has 4 N–H and O–H groups in total. The van der Waals surface area contributed by atoms with Crippen LogP contribution in [0, 0.1) is 5.82 Å². The van der Waals surface area contributed by atoms with Crippen molar-refractivity contribution in [2.45, 2.75) is 12.5 Å². The number of carboxylic acid groups (broad SMARTS) is 1. The minimum atomic E-state index is -1.22. The molecular weight excluding hydrogens is 217 g/mol. The first-order chi connectivity index (χ1) is 7.45. The van der Waals surface area contributed by atoms with E-state index in [2.05, 4.69) is 0 Å². The van der Waals surface area contributed by atoms with Crippen molar-refractivity contribution in [1.82, 2.24) is 0 Å². The molecule has 88 valence electrons. The molecule has 0 amide bonds. The van der Waals surface area contributed by atoms with Crippen LogP contribution in [0.5, 0.6) is 11.5 Å². The van der Waals surface area contributed by atoms with Gasteiger partial charge in [-0.1, -0.05) is 0 Å². The van der Waals surface area contributed by atoms with Crippen LogP contribution in [0.15, 0.2) is 12.1 Å². The fourth-order valence-corrected chi connectivity index (χ4v) is 1.23. The highest BCUT2D eigenvalue weighted by Crippen LogP contribution is 2.29. The minimum absolute atomic E-state index is 0.0778. The Kier molecular flexibility index (Phi) is 3.68. The van der Waals surface area contributed by atoms with Gasteiger partial charge in [0.2, 0.25) is 0 Å². The van der Waals surface area contributed by atoms with Gasteiger partial charge in [0.1, 0.15) is 11.9 Å². The van der Waals surface area contributed by atoms with Crippen LogP contribution in [-0.4, -0.2) is 29.3 Å². The number of carbonyl (C=O) groups is 1. The molecule has 0 fully saturated rings. The molecule has 0 aliphatic rings. The van der Waals surface area contributed by atoms with Crippen LogP contribution in [0.25, 0.3) is 0 Å². The standard InChI is InChI=1S/C10H12FNO4/c1-16-9-3-5(2-7(12)10(14)15)6(11)4-8(9)13/h3-4,7,13H,2,12H2,1H3,(H,14,15)/t7-/m0/s1. The number of aliphatic carboxylic acids is 1. The molecule has 5 nitrogen and oxygen atoms in total. The van der Waals surface area contributed by atoms with Crippen molar-refractivity contribution in [2.24, 2.45) is 5.73 Å². The van der Waals surface area contributed by atoms with Gasteiger partial charge in [0.05, 0.1) is 7.11 Å². The minimum Gasteiger partial charge on any atom is -0.504 e. The summed E-state index contributed by atoms with van der Waals surface area (Å²) in [7, 11) is 1.31. The molecule has 0 spiro atoms. The number of rotatable bonds is 4. The van der Waals surface area contributed by atoms with Crippen molar-refractivity contribution >= 4 is 5.97 Å². The van der Waals surface area contributed by atoms with E-state index in [4.69, 9.17) is 15.6 Å². The molecule has 6 heteroatoms. The van der Waals surface area contributed by atoms with Gasteiger partial charge in [-0.05, 0) is 11.6 Å². The number of halogens is 1. The lowest BCUT2D eigenvalue weighted by molar-refractivity contribution is -0.138. The maximum absolute atomic E-state index is 13.3. The number of nitrogens with two attached hydrogens (primary N) is 1. The number of phenolic OH excluding ortho intramolecular Hbond substituents is 1. The van der Waals surface area contributed by atoms with Crippen LogP contribution in [0.2, 0.25) is 0 Å². The Morgan fingerprint density at radius 2 is 2.25 bits per heavy atom. The Morgan fingerprint density at radius 1 is 1.62 bits per heavy atom. The molecule has 1 aromatic carbocycles. The smallest absolute Gasteiger partial charge is 0.320 e. The summed E-state index contributed by atoms with van der Waals surface area (Å²) >= 11 is 0.